The Hall–Kier alpha value is -1.68. The van der Waals surface area contributed by atoms with Crippen molar-refractivity contribution in [1.82, 2.24) is 5.32 Å². The maximum Gasteiger partial charge on any atom is 0.251 e. The molecule has 0 aliphatic heterocycles. The Balaban J connectivity index is 2.03. The Labute approximate surface area is 131 Å². The van der Waals surface area contributed by atoms with Gasteiger partial charge in [-0.25, -0.2) is 0 Å². The van der Waals surface area contributed by atoms with Gasteiger partial charge in [-0.1, -0.05) is 50.3 Å². The molecule has 0 heterocycles. The Morgan fingerprint density at radius 3 is 2.41 bits per heavy atom. The molecule has 4 nitrogen and oxygen atoms in total. The summed E-state index contributed by atoms with van der Waals surface area (Å²) in [6.07, 6.45) is 5.41. The lowest BCUT2D eigenvalue weighted by Gasteiger charge is -2.29. The molecule has 0 unspecified atom stereocenters. The zero-order valence-electron chi connectivity index (χ0n) is 13.1. The van der Waals surface area contributed by atoms with Crippen molar-refractivity contribution in [3.8, 4) is 0 Å². The van der Waals surface area contributed by atoms with Gasteiger partial charge in [-0.05, 0) is 31.4 Å². The van der Waals surface area contributed by atoms with Crippen LogP contribution in [0.5, 0.6) is 0 Å². The van der Waals surface area contributed by atoms with E-state index >= 15 is 0 Å². The van der Waals surface area contributed by atoms with Gasteiger partial charge in [0, 0.05) is 5.56 Å². The zero-order valence-corrected chi connectivity index (χ0v) is 13.1. The summed E-state index contributed by atoms with van der Waals surface area (Å²) in [4.78, 5) is 23.8. The molecule has 2 atom stereocenters. The van der Waals surface area contributed by atoms with Gasteiger partial charge in [0.1, 0.15) is 6.10 Å². The number of amides is 1. The number of aliphatic hydroxyl groups is 1. The van der Waals surface area contributed by atoms with E-state index in [4.69, 9.17) is 0 Å². The van der Waals surface area contributed by atoms with Gasteiger partial charge in [-0.15, -0.1) is 0 Å². The lowest BCUT2D eigenvalue weighted by atomic mass is 9.83. The molecule has 2 rings (SSSR count). The van der Waals surface area contributed by atoms with Gasteiger partial charge in [0.15, 0.2) is 5.78 Å². The van der Waals surface area contributed by atoms with Crippen LogP contribution in [-0.4, -0.2) is 28.9 Å². The lowest BCUT2D eigenvalue weighted by Crippen LogP contribution is -2.47. The molecule has 0 radical (unpaired) electrons. The Bertz CT molecular complexity index is 494. The maximum atomic E-state index is 12.3. The van der Waals surface area contributed by atoms with E-state index in [1.165, 1.54) is 26.2 Å². The largest absolute Gasteiger partial charge is 0.383 e. The van der Waals surface area contributed by atoms with Gasteiger partial charge in [-0.2, -0.15) is 0 Å². The van der Waals surface area contributed by atoms with Crippen LogP contribution in [0.4, 0.5) is 0 Å². The minimum Gasteiger partial charge on any atom is -0.383 e. The van der Waals surface area contributed by atoms with Crippen molar-refractivity contribution in [2.24, 2.45) is 5.92 Å². The number of aliphatic hydroxyl groups excluding tert-OH is 1. The maximum absolute atomic E-state index is 12.3. The molecule has 4 heteroatoms. The van der Waals surface area contributed by atoms with E-state index < -0.39 is 12.1 Å². The molecule has 0 aromatic heterocycles. The van der Waals surface area contributed by atoms with Crippen LogP contribution in [0.25, 0.3) is 0 Å². The third kappa shape index (κ3) is 4.67. The first-order valence-corrected chi connectivity index (χ1v) is 8.12. The first kappa shape index (κ1) is 16.7. The molecule has 120 valence electrons. The minimum atomic E-state index is -1.13. The third-order valence-corrected chi connectivity index (χ3v) is 4.46. The number of rotatable bonds is 6. The second kappa shape index (κ2) is 8.08. The number of hydrogen-bond acceptors (Lipinski definition) is 3. The number of benzene rings is 1. The highest BCUT2D eigenvalue weighted by Crippen LogP contribution is 2.28. The monoisotopic (exact) mass is 303 g/mol. The van der Waals surface area contributed by atoms with Crippen molar-refractivity contribution in [3.63, 3.8) is 0 Å². The van der Waals surface area contributed by atoms with Crippen LogP contribution in [0.15, 0.2) is 30.3 Å². The Kier molecular flexibility index (Phi) is 6.13. The molecule has 1 amide bonds. The van der Waals surface area contributed by atoms with Crippen LogP contribution >= 0.6 is 0 Å². The average Bonchev–Trinajstić information content (AvgIpc) is 2.55. The quantitative estimate of drug-likeness (QED) is 0.849. The van der Waals surface area contributed by atoms with E-state index in [1.807, 2.05) is 6.07 Å². The number of Topliss-reactive ketones (excluding diaryl/α,β-unsaturated/α-hetero) is 1. The molecule has 1 saturated carbocycles. The van der Waals surface area contributed by atoms with Crippen molar-refractivity contribution in [2.45, 2.75) is 57.6 Å². The van der Waals surface area contributed by atoms with Crippen molar-refractivity contribution in [1.29, 1.82) is 0 Å². The average molecular weight is 303 g/mol. The van der Waals surface area contributed by atoms with Crippen molar-refractivity contribution in [2.75, 3.05) is 0 Å². The summed E-state index contributed by atoms with van der Waals surface area (Å²) in [5.74, 6) is -0.0558. The van der Waals surface area contributed by atoms with Gasteiger partial charge < -0.3 is 10.4 Å². The summed E-state index contributed by atoms with van der Waals surface area (Å²) in [6, 6.07) is 8.40. The standard InChI is InChI=1S/C18H25NO3/c1-13(20)17(21)16(12-14-8-4-2-5-9-14)19-18(22)15-10-6-3-7-11-15/h3,6-7,10-11,14,16-17,21H,2,4-5,8-9,12H2,1H3,(H,19,22)/t16-,17-/m0/s1. The molecule has 1 fully saturated rings. The SMILES string of the molecule is CC(=O)[C@H](O)[C@H](CC1CCCCC1)NC(=O)c1ccccc1. The van der Waals surface area contributed by atoms with Crippen LogP contribution in [-0.2, 0) is 4.79 Å². The highest BCUT2D eigenvalue weighted by molar-refractivity contribution is 5.95. The van der Waals surface area contributed by atoms with Crippen LogP contribution in [0.1, 0.15) is 55.8 Å². The second-order valence-electron chi connectivity index (χ2n) is 6.24. The molecule has 1 aliphatic carbocycles. The summed E-state index contributed by atoms with van der Waals surface area (Å²) in [7, 11) is 0. The Morgan fingerprint density at radius 1 is 1.18 bits per heavy atom. The summed E-state index contributed by atoms with van der Waals surface area (Å²) >= 11 is 0. The molecule has 1 aliphatic rings. The van der Waals surface area contributed by atoms with E-state index in [1.54, 1.807) is 24.3 Å². The smallest absolute Gasteiger partial charge is 0.251 e. The van der Waals surface area contributed by atoms with Crippen molar-refractivity contribution in [3.05, 3.63) is 35.9 Å². The fourth-order valence-corrected chi connectivity index (χ4v) is 3.17. The predicted octanol–water partition coefficient (Wildman–Crippen LogP) is 2.71. The second-order valence-corrected chi connectivity index (χ2v) is 6.24. The molecule has 0 spiro atoms. The highest BCUT2D eigenvalue weighted by Gasteiger charge is 2.28. The fourth-order valence-electron chi connectivity index (χ4n) is 3.17. The number of hydrogen-bond donors (Lipinski definition) is 2. The topological polar surface area (TPSA) is 66.4 Å². The van der Waals surface area contributed by atoms with Gasteiger partial charge in [0.2, 0.25) is 0 Å². The fraction of sp³-hybridized carbons (Fsp3) is 0.556. The first-order valence-electron chi connectivity index (χ1n) is 8.12. The third-order valence-electron chi connectivity index (χ3n) is 4.46. The molecule has 0 saturated heterocycles. The molecular weight excluding hydrogens is 278 g/mol. The minimum absolute atomic E-state index is 0.235. The lowest BCUT2D eigenvalue weighted by molar-refractivity contribution is -0.126. The van der Waals surface area contributed by atoms with Gasteiger partial charge in [-0.3, -0.25) is 9.59 Å². The zero-order chi connectivity index (χ0) is 15.9. The van der Waals surface area contributed by atoms with Crippen LogP contribution in [0.2, 0.25) is 0 Å². The number of carbonyl (C=O) groups is 2. The molecule has 1 aromatic rings. The number of ketones is 1. The molecular formula is C18H25NO3. The van der Waals surface area contributed by atoms with Gasteiger partial charge in [0.25, 0.3) is 5.91 Å². The van der Waals surface area contributed by atoms with E-state index in [2.05, 4.69) is 5.32 Å². The van der Waals surface area contributed by atoms with Crippen LogP contribution in [0.3, 0.4) is 0 Å². The summed E-state index contributed by atoms with van der Waals surface area (Å²) in [5, 5.41) is 13.0. The summed E-state index contributed by atoms with van der Waals surface area (Å²) < 4.78 is 0. The van der Waals surface area contributed by atoms with Crippen molar-refractivity contribution >= 4 is 11.7 Å². The van der Waals surface area contributed by atoms with E-state index in [0.717, 1.165) is 12.8 Å². The van der Waals surface area contributed by atoms with Crippen molar-refractivity contribution < 1.29 is 14.7 Å². The molecule has 22 heavy (non-hydrogen) atoms. The number of carbonyl (C=O) groups excluding carboxylic acids is 2. The van der Waals surface area contributed by atoms with E-state index in [9.17, 15) is 14.7 Å². The van der Waals surface area contributed by atoms with Crippen LogP contribution in [0, 0.1) is 5.92 Å². The summed E-state index contributed by atoms with van der Waals surface area (Å²) in [5.41, 5.74) is 0.548. The molecule has 1 aromatic carbocycles. The normalized spacial score (nSPS) is 18.5. The van der Waals surface area contributed by atoms with Gasteiger partial charge >= 0.3 is 0 Å². The predicted molar refractivity (Wildman–Crippen MR) is 85.6 cm³/mol. The Morgan fingerprint density at radius 2 is 1.82 bits per heavy atom. The van der Waals surface area contributed by atoms with Gasteiger partial charge in [0.05, 0.1) is 6.04 Å². The van der Waals surface area contributed by atoms with E-state index in [-0.39, 0.29) is 11.7 Å². The molecule has 2 N–H and O–H groups in total. The highest BCUT2D eigenvalue weighted by atomic mass is 16.3. The first-order chi connectivity index (χ1) is 10.6. The number of nitrogens with one attached hydrogen (secondary N) is 1. The van der Waals surface area contributed by atoms with E-state index in [0.29, 0.717) is 17.9 Å². The molecule has 0 bridgehead atoms. The van der Waals surface area contributed by atoms with Crippen LogP contribution < -0.4 is 5.32 Å². The summed E-state index contributed by atoms with van der Waals surface area (Å²) in [6.45, 7) is 1.37.